The summed E-state index contributed by atoms with van der Waals surface area (Å²) in [7, 11) is 0. The Hall–Kier alpha value is -0.500. The first-order chi connectivity index (χ1) is 9.42. The highest BCUT2D eigenvalue weighted by molar-refractivity contribution is 7.80. The zero-order valence-electron chi connectivity index (χ0n) is 12.5. The van der Waals surface area contributed by atoms with Crippen LogP contribution in [0, 0.1) is 0 Å². The second kappa shape index (κ2) is 8.07. The molecule has 0 aromatic heterocycles. The van der Waals surface area contributed by atoms with Crippen molar-refractivity contribution in [2.75, 3.05) is 0 Å². The van der Waals surface area contributed by atoms with E-state index in [1.165, 1.54) is 11.1 Å². The highest BCUT2D eigenvalue weighted by Gasteiger charge is 2.20. The van der Waals surface area contributed by atoms with Gasteiger partial charge in [0.05, 0.1) is 0 Å². The smallest absolute Gasteiger partial charge is 0.413 e. The summed E-state index contributed by atoms with van der Waals surface area (Å²) in [6.45, 7) is 2.34. The Labute approximate surface area is 126 Å². The van der Waals surface area contributed by atoms with Crippen LogP contribution in [0.4, 0.5) is 0 Å². The van der Waals surface area contributed by atoms with Crippen LogP contribution in [-0.4, -0.2) is 4.89 Å². The van der Waals surface area contributed by atoms with Crippen molar-refractivity contribution in [2.45, 2.75) is 59.3 Å². The summed E-state index contributed by atoms with van der Waals surface area (Å²) in [6, 6.07) is 3.77. The molecule has 0 heterocycles. The van der Waals surface area contributed by atoms with Gasteiger partial charge in [-0.15, -0.1) is 0 Å². The molecule has 0 saturated heterocycles. The standard InChI is InChI=1S/C15H24ClO3P/c1-4-7-12-10-11-15(19-20(16,17)18)14(9-6-3)13(12)8-5-2/h10-11H,4-9H2,1-3H3,(H,17,18). The largest absolute Gasteiger partial charge is 0.474 e. The molecule has 0 amide bonds. The molecule has 0 saturated carbocycles. The van der Waals surface area contributed by atoms with E-state index < -0.39 is 6.95 Å². The molecule has 1 atom stereocenters. The van der Waals surface area contributed by atoms with E-state index in [1.807, 2.05) is 6.07 Å². The number of hydrogen-bond donors (Lipinski definition) is 1. The van der Waals surface area contributed by atoms with E-state index in [1.54, 1.807) is 6.07 Å². The van der Waals surface area contributed by atoms with Gasteiger partial charge in [0.1, 0.15) is 5.75 Å². The fourth-order valence-electron chi connectivity index (χ4n) is 2.52. The topological polar surface area (TPSA) is 46.5 Å². The van der Waals surface area contributed by atoms with Crippen molar-refractivity contribution in [2.24, 2.45) is 0 Å². The first-order valence-electron chi connectivity index (χ1n) is 7.28. The third-order valence-corrected chi connectivity index (χ3v) is 3.84. The van der Waals surface area contributed by atoms with Crippen molar-refractivity contribution >= 4 is 18.2 Å². The lowest BCUT2D eigenvalue weighted by Gasteiger charge is -2.19. The quantitative estimate of drug-likeness (QED) is 0.665. The molecular weight excluding hydrogens is 295 g/mol. The van der Waals surface area contributed by atoms with Crippen LogP contribution in [0.15, 0.2) is 12.1 Å². The molecule has 114 valence electrons. The van der Waals surface area contributed by atoms with Gasteiger partial charge in [0.15, 0.2) is 0 Å². The molecule has 0 aliphatic heterocycles. The Morgan fingerprint density at radius 2 is 1.60 bits per heavy atom. The lowest BCUT2D eigenvalue weighted by molar-refractivity contribution is 0.398. The summed E-state index contributed by atoms with van der Waals surface area (Å²) in [5.41, 5.74) is 3.61. The second-order valence-electron chi connectivity index (χ2n) is 4.97. The van der Waals surface area contributed by atoms with Crippen molar-refractivity contribution < 1.29 is 14.0 Å². The number of rotatable bonds is 8. The predicted molar refractivity (Wildman–Crippen MR) is 84.7 cm³/mol. The van der Waals surface area contributed by atoms with Gasteiger partial charge in [-0.2, -0.15) is 0 Å². The molecule has 0 fully saturated rings. The molecule has 1 aromatic carbocycles. The molecule has 0 bridgehead atoms. The first-order valence-corrected chi connectivity index (χ1v) is 9.76. The van der Waals surface area contributed by atoms with E-state index >= 15 is 0 Å². The van der Waals surface area contributed by atoms with Crippen LogP contribution in [0.1, 0.15) is 56.7 Å². The Morgan fingerprint density at radius 3 is 2.10 bits per heavy atom. The molecule has 20 heavy (non-hydrogen) atoms. The maximum atomic E-state index is 11.3. The summed E-state index contributed by atoms with van der Waals surface area (Å²) in [6.07, 6.45) is 5.88. The molecule has 1 rings (SSSR count). The zero-order valence-corrected chi connectivity index (χ0v) is 14.1. The fourth-order valence-corrected chi connectivity index (χ4v) is 3.15. The van der Waals surface area contributed by atoms with Gasteiger partial charge in [-0.05, 0) is 42.0 Å². The number of halogens is 1. The van der Waals surface area contributed by atoms with Crippen molar-refractivity contribution in [1.29, 1.82) is 0 Å². The Kier molecular flexibility index (Phi) is 7.08. The Morgan fingerprint density at radius 1 is 1.05 bits per heavy atom. The monoisotopic (exact) mass is 318 g/mol. The van der Waals surface area contributed by atoms with Crippen molar-refractivity contribution in [3.05, 3.63) is 28.8 Å². The summed E-state index contributed by atoms with van der Waals surface area (Å²) < 4.78 is 16.4. The molecule has 3 nitrogen and oxygen atoms in total. The molecule has 0 radical (unpaired) electrons. The SMILES string of the molecule is CCCc1ccc(OP(=O)(O)Cl)c(CCC)c1CCC. The van der Waals surface area contributed by atoms with Crippen LogP contribution in [0.5, 0.6) is 5.75 Å². The maximum absolute atomic E-state index is 11.3. The van der Waals surface area contributed by atoms with Gasteiger partial charge in [-0.25, -0.2) is 4.57 Å². The lowest BCUT2D eigenvalue weighted by Crippen LogP contribution is -2.03. The molecule has 0 aliphatic carbocycles. The molecule has 0 spiro atoms. The zero-order chi connectivity index (χ0) is 15.2. The molecule has 1 unspecified atom stereocenters. The fraction of sp³-hybridized carbons (Fsp3) is 0.600. The van der Waals surface area contributed by atoms with Crippen molar-refractivity contribution in [3.8, 4) is 5.75 Å². The molecule has 1 aromatic rings. The second-order valence-corrected chi connectivity index (χ2v) is 7.34. The predicted octanol–water partition coefficient (Wildman–Crippen LogP) is 5.26. The van der Waals surface area contributed by atoms with E-state index in [0.29, 0.717) is 5.75 Å². The average molecular weight is 319 g/mol. The van der Waals surface area contributed by atoms with Crippen LogP contribution < -0.4 is 4.52 Å². The molecule has 0 aliphatic rings. The minimum Gasteiger partial charge on any atom is -0.413 e. The van der Waals surface area contributed by atoms with Gasteiger partial charge < -0.3 is 9.42 Å². The highest BCUT2D eigenvalue weighted by atomic mass is 35.7. The molecular formula is C15H24ClO3P. The van der Waals surface area contributed by atoms with E-state index in [-0.39, 0.29) is 0 Å². The average Bonchev–Trinajstić information content (AvgIpc) is 2.35. The van der Waals surface area contributed by atoms with Crippen molar-refractivity contribution in [3.63, 3.8) is 0 Å². The van der Waals surface area contributed by atoms with Gasteiger partial charge in [-0.1, -0.05) is 46.1 Å². The number of hydrogen-bond acceptors (Lipinski definition) is 2. The number of aryl methyl sites for hydroxylation is 1. The van der Waals surface area contributed by atoms with E-state index in [0.717, 1.165) is 44.1 Å². The van der Waals surface area contributed by atoms with Gasteiger partial charge in [0.25, 0.3) is 0 Å². The minimum absolute atomic E-state index is 0.455. The summed E-state index contributed by atoms with van der Waals surface area (Å²) in [4.78, 5) is 9.26. The van der Waals surface area contributed by atoms with E-state index in [2.05, 4.69) is 20.8 Å². The Bertz CT molecular complexity index is 482. The van der Waals surface area contributed by atoms with E-state index in [9.17, 15) is 9.46 Å². The highest BCUT2D eigenvalue weighted by Crippen LogP contribution is 2.49. The third-order valence-electron chi connectivity index (χ3n) is 3.22. The molecule has 1 N–H and O–H groups in total. The van der Waals surface area contributed by atoms with E-state index in [4.69, 9.17) is 15.8 Å². The summed E-state index contributed by atoms with van der Waals surface area (Å²) >= 11 is 5.36. The van der Waals surface area contributed by atoms with Gasteiger partial charge in [0.2, 0.25) is 0 Å². The van der Waals surface area contributed by atoms with Gasteiger partial charge in [-0.3, -0.25) is 0 Å². The van der Waals surface area contributed by atoms with Crippen molar-refractivity contribution in [1.82, 2.24) is 0 Å². The minimum atomic E-state index is -4.04. The van der Waals surface area contributed by atoms with Crippen LogP contribution in [0.25, 0.3) is 0 Å². The lowest BCUT2D eigenvalue weighted by atomic mass is 9.91. The van der Waals surface area contributed by atoms with Crippen LogP contribution in [0.3, 0.4) is 0 Å². The summed E-state index contributed by atoms with van der Waals surface area (Å²) in [5, 5.41) is 0. The first kappa shape index (κ1) is 17.6. The van der Waals surface area contributed by atoms with Crippen LogP contribution >= 0.6 is 18.2 Å². The molecule has 5 heteroatoms. The third kappa shape index (κ3) is 5.12. The maximum Gasteiger partial charge on any atom is 0.474 e. The van der Waals surface area contributed by atoms with Gasteiger partial charge in [0, 0.05) is 11.2 Å². The van der Waals surface area contributed by atoms with Crippen LogP contribution in [0.2, 0.25) is 0 Å². The summed E-state index contributed by atoms with van der Waals surface area (Å²) in [5.74, 6) is 0.455. The van der Waals surface area contributed by atoms with Crippen LogP contribution in [-0.2, 0) is 23.8 Å². The normalized spacial score (nSPS) is 14.1. The number of benzene rings is 1. The van der Waals surface area contributed by atoms with Gasteiger partial charge >= 0.3 is 6.95 Å². The Balaban J connectivity index is 3.30.